The average molecular weight is 543 g/mol. The Balaban J connectivity index is 2.03. The largest absolute Gasteiger partial charge is 0.334 e. The lowest BCUT2D eigenvalue weighted by Crippen LogP contribution is -2.11. The molecule has 4 aromatic rings. The van der Waals surface area contributed by atoms with Gasteiger partial charge in [0.25, 0.3) is 0 Å². The van der Waals surface area contributed by atoms with Gasteiger partial charge in [0.1, 0.15) is 11.5 Å². The van der Waals surface area contributed by atoms with E-state index in [-0.39, 0.29) is 11.7 Å². The number of hydrogen-bond acceptors (Lipinski definition) is 3. The van der Waals surface area contributed by atoms with Crippen molar-refractivity contribution in [3.05, 3.63) is 63.0 Å². The fourth-order valence-electron chi connectivity index (χ4n) is 4.07. The lowest BCUT2D eigenvalue weighted by molar-refractivity contribution is -0.111. The van der Waals surface area contributed by atoms with Crippen LogP contribution in [0.25, 0.3) is 33.3 Å². The van der Waals surface area contributed by atoms with Crippen molar-refractivity contribution in [2.45, 2.75) is 27.7 Å². The van der Waals surface area contributed by atoms with Crippen molar-refractivity contribution in [2.24, 2.45) is 7.05 Å². The molecular weight excluding hydrogens is 520 g/mol. The van der Waals surface area contributed by atoms with Crippen LogP contribution in [0, 0.1) is 37.2 Å². The molecule has 3 aromatic heterocycles. The Bertz CT molecular complexity index is 1420. The van der Waals surface area contributed by atoms with Crippen molar-refractivity contribution in [3.63, 3.8) is 0 Å². The molecule has 6 nitrogen and oxygen atoms in total. The number of nitrogens with zero attached hydrogens (tertiary/aromatic N) is 3. The van der Waals surface area contributed by atoms with Crippen molar-refractivity contribution in [3.8, 4) is 22.3 Å². The van der Waals surface area contributed by atoms with Crippen molar-refractivity contribution >= 4 is 45.2 Å². The number of aryl methyl sites for hydroxylation is 2. The Morgan fingerprint density at radius 2 is 1.88 bits per heavy atom. The number of carbonyl (C=O) groups is 1. The maximum atomic E-state index is 15.0. The number of halogens is 2. The number of pyridine rings is 1. The van der Waals surface area contributed by atoms with Crippen LogP contribution in [0.5, 0.6) is 0 Å². The minimum absolute atomic E-state index is 0.381. The van der Waals surface area contributed by atoms with Gasteiger partial charge in [-0.15, -0.1) is 0 Å². The number of carbonyl (C=O) groups excluding carboxylic acids is 1. The highest BCUT2D eigenvalue weighted by atomic mass is 127. The van der Waals surface area contributed by atoms with Crippen LogP contribution in [0.15, 0.2) is 31.1 Å². The SMILES string of the molecule is C=CC(=O)Nc1c(C)c(F)cc(-c2c(I)[nH]c3ncc(-c4cnn(C)c4C)c(C)c23)c1C. The van der Waals surface area contributed by atoms with E-state index < -0.39 is 0 Å². The van der Waals surface area contributed by atoms with Crippen LogP contribution >= 0.6 is 22.6 Å². The summed E-state index contributed by atoms with van der Waals surface area (Å²) in [6, 6.07) is 1.53. The Morgan fingerprint density at radius 3 is 2.50 bits per heavy atom. The van der Waals surface area contributed by atoms with Gasteiger partial charge >= 0.3 is 0 Å². The smallest absolute Gasteiger partial charge is 0.247 e. The average Bonchev–Trinajstić information content (AvgIpc) is 3.27. The van der Waals surface area contributed by atoms with Crippen LogP contribution in [0.3, 0.4) is 0 Å². The summed E-state index contributed by atoms with van der Waals surface area (Å²) in [7, 11) is 1.91. The van der Waals surface area contributed by atoms with Crippen molar-refractivity contribution in [1.29, 1.82) is 0 Å². The van der Waals surface area contributed by atoms with E-state index in [1.165, 1.54) is 12.1 Å². The number of amides is 1. The lowest BCUT2D eigenvalue weighted by atomic mass is 9.93. The number of aromatic nitrogens is 4. The third kappa shape index (κ3) is 3.42. The molecule has 164 valence electrons. The summed E-state index contributed by atoms with van der Waals surface area (Å²) in [5.41, 5.74) is 7.96. The lowest BCUT2D eigenvalue weighted by Gasteiger charge is -2.17. The zero-order chi connectivity index (χ0) is 23.3. The minimum Gasteiger partial charge on any atom is -0.334 e. The number of fused-ring (bicyclic) bond motifs is 1. The molecule has 0 aliphatic carbocycles. The van der Waals surface area contributed by atoms with Gasteiger partial charge in [-0.3, -0.25) is 9.48 Å². The molecule has 0 fully saturated rings. The van der Waals surface area contributed by atoms with Gasteiger partial charge in [0.2, 0.25) is 5.91 Å². The highest BCUT2D eigenvalue weighted by molar-refractivity contribution is 14.1. The van der Waals surface area contributed by atoms with E-state index in [0.29, 0.717) is 16.8 Å². The summed E-state index contributed by atoms with van der Waals surface area (Å²) in [6.45, 7) is 11.1. The molecule has 1 aromatic carbocycles. The second kappa shape index (κ2) is 8.16. The van der Waals surface area contributed by atoms with Gasteiger partial charge in [-0.1, -0.05) is 6.58 Å². The normalized spacial score (nSPS) is 11.2. The van der Waals surface area contributed by atoms with Crippen LogP contribution in [0.1, 0.15) is 22.4 Å². The maximum absolute atomic E-state index is 15.0. The third-order valence-corrected chi connectivity index (χ3v) is 6.86. The number of benzene rings is 1. The van der Waals surface area contributed by atoms with Gasteiger partial charge in [0.15, 0.2) is 0 Å². The fourth-order valence-corrected chi connectivity index (χ4v) is 4.88. The first-order valence-electron chi connectivity index (χ1n) is 10.0. The monoisotopic (exact) mass is 543 g/mol. The van der Waals surface area contributed by atoms with Crippen molar-refractivity contribution in [2.75, 3.05) is 5.32 Å². The van der Waals surface area contributed by atoms with E-state index in [0.717, 1.165) is 48.2 Å². The molecule has 0 radical (unpaired) electrons. The van der Waals surface area contributed by atoms with Gasteiger partial charge in [-0.25, -0.2) is 9.37 Å². The van der Waals surface area contributed by atoms with E-state index in [1.54, 1.807) is 6.92 Å². The Morgan fingerprint density at radius 1 is 1.16 bits per heavy atom. The third-order valence-electron chi connectivity index (χ3n) is 6.05. The summed E-state index contributed by atoms with van der Waals surface area (Å²) in [6.07, 6.45) is 4.86. The van der Waals surface area contributed by atoms with Crippen molar-refractivity contribution < 1.29 is 9.18 Å². The van der Waals surface area contributed by atoms with Gasteiger partial charge in [-0.2, -0.15) is 5.10 Å². The Hall–Kier alpha value is -3.01. The van der Waals surface area contributed by atoms with Gasteiger partial charge in [-0.05, 0) is 79.1 Å². The first kappa shape index (κ1) is 22.2. The van der Waals surface area contributed by atoms with Gasteiger partial charge < -0.3 is 10.3 Å². The molecule has 0 unspecified atom stereocenters. The molecule has 3 heterocycles. The number of anilines is 1. The quantitative estimate of drug-likeness (QED) is 0.255. The minimum atomic E-state index is -0.389. The zero-order valence-electron chi connectivity index (χ0n) is 18.5. The maximum Gasteiger partial charge on any atom is 0.247 e. The molecule has 0 saturated heterocycles. The van der Waals surface area contributed by atoms with E-state index in [4.69, 9.17) is 0 Å². The highest BCUT2D eigenvalue weighted by Gasteiger charge is 2.23. The Labute approximate surface area is 199 Å². The summed E-state index contributed by atoms with van der Waals surface area (Å²) in [4.78, 5) is 20.0. The fraction of sp³-hybridized carbons (Fsp3) is 0.208. The van der Waals surface area contributed by atoms with Crippen molar-refractivity contribution in [1.82, 2.24) is 19.7 Å². The summed E-state index contributed by atoms with van der Waals surface area (Å²) >= 11 is 2.21. The molecule has 1 amide bonds. The number of nitrogens with one attached hydrogen (secondary N) is 2. The number of hydrogen-bond donors (Lipinski definition) is 2. The van der Waals surface area contributed by atoms with E-state index in [9.17, 15) is 9.18 Å². The molecular formula is C24H23FIN5O. The summed E-state index contributed by atoms with van der Waals surface area (Å²) in [5, 5.41) is 8.05. The molecule has 0 saturated carbocycles. The van der Waals surface area contributed by atoms with E-state index >= 15 is 0 Å². The molecule has 2 N–H and O–H groups in total. The first-order chi connectivity index (χ1) is 15.1. The topological polar surface area (TPSA) is 75.6 Å². The van der Waals surface area contributed by atoms with Crippen LogP contribution in [-0.2, 0) is 11.8 Å². The Kier molecular flexibility index (Phi) is 5.66. The summed E-state index contributed by atoms with van der Waals surface area (Å²) in [5.74, 6) is -0.770. The molecule has 0 atom stereocenters. The molecule has 32 heavy (non-hydrogen) atoms. The molecule has 0 bridgehead atoms. The molecule has 4 rings (SSSR count). The van der Waals surface area contributed by atoms with Crippen LogP contribution in [0.4, 0.5) is 10.1 Å². The van der Waals surface area contributed by atoms with Crippen LogP contribution < -0.4 is 5.32 Å². The van der Waals surface area contributed by atoms with E-state index in [1.807, 2.05) is 44.9 Å². The van der Waals surface area contributed by atoms with Crippen LogP contribution in [0.2, 0.25) is 0 Å². The van der Waals surface area contributed by atoms with Gasteiger partial charge in [0.05, 0.1) is 15.6 Å². The molecule has 0 aliphatic heterocycles. The van der Waals surface area contributed by atoms with Crippen LogP contribution in [-0.4, -0.2) is 25.7 Å². The molecule has 8 heteroatoms. The summed E-state index contributed by atoms with van der Waals surface area (Å²) < 4.78 is 17.7. The van der Waals surface area contributed by atoms with Gasteiger partial charge in [0, 0.05) is 46.6 Å². The second-order valence-corrected chi connectivity index (χ2v) is 8.90. The highest BCUT2D eigenvalue weighted by Crippen LogP contribution is 2.42. The first-order valence-corrected chi connectivity index (χ1v) is 11.1. The number of aromatic amines is 1. The predicted molar refractivity (Wildman–Crippen MR) is 134 cm³/mol. The standard InChI is InChI=1S/C24H23FIN5O/c1-7-19(32)29-22-12(3)15(8-18(25)13(22)4)21-20-11(2)16(9-27-24(20)30-23(21)26)17-10-28-31(6)14(17)5/h7-10H,1H2,2-6H3,(H,27,30)(H,29,32). The van der Waals surface area contributed by atoms with E-state index in [2.05, 4.69) is 49.6 Å². The zero-order valence-corrected chi connectivity index (χ0v) is 20.7. The predicted octanol–water partition coefficient (Wildman–Crippen LogP) is 5.73. The number of H-pyrrole nitrogens is 1. The number of rotatable bonds is 4. The molecule has 0 aliphatic rings. The second-order valence-electron chi connectivity index (χ2n) is 7.83. The molecule has 0 spiro atoms.